The van der Waals surface area contributed by atoms with Crippen molar-refractivity contribution in [3.63, 3.8) is 0 Å². The van der Waals surface area contributed by atoms with Gasteiger partial charge in [-0.2, -0.15) is 0 Å². The van der Waals surface area contributed by atoms with Crippen LogP contribution < -0.4 is 11.1 Å². The summed E-state index contributed by atoms with van der Waals surface area (Å²) in [7, 11) is 0. The van der Waals surface area contributed by atoms with Gasteiger partial charge in [-0.25, -0.2) is 4.98 Å². The molecule has 206 valence electrons. The van der Waals surface area contributed by atoms with Crippen LogP contribution in [0, 0.1) is 0 Å². The topological polar surface area (TPSA) is 97.6 Å². The zero-order valence-corrected chi connectivity index (χ0v) is 24.3. The molecule has 0 spiro atoms. The highest BCUT2D eigenvalue weighted by molar-refractivity contribution is 8.00. The van der Waals surface area contributed by atoms with Gasteiger partial charge in [-0.1, -0.05) is 102 Å². The highest BCUT2D eigenvalue weighted by Crippen LogP contribution is 2.45. The predicted octanol–water partition coefficient (Wildman–Crippen LogP) is 5.21. The molecule has 0 unspecified atom stereocenters. The first-order chi connectivity index (χ1) is 20.0. The first-order valence-electron chi connectivity index (χ1n) is 13.0. The number of nitrogens with one attached hydrogen (secondary N) is 1. The van der Waals surface area contributed by atoms with E-state index in [-0.39, 0.29) is 28.7 Å². The fourth-order valence-corrected chi connectivity index (χ4v) is 7.48. The van der Waals surface area contributed by atoms with Crippen molar-refractivity contribution in [1.82, 2.24) is 15.2 Å². The lowest BCUT2D eigenvalue weighted by Crippen LogP contribution is -2.70. The second kappa shape index (κ2) is 11.9. The van der Waals surface area contributed by atoms with Gasteiger partial charge in [-0.3, -0.25) is 14.5 Å². The molecule has 0 bridgehead atoms. The number of fused-ring (bicyclic) bond motifs is 1. The molecule has 3 heterocycles. The predicted molar refractivity (Wildman–Crippen MR) is 167 cm³/mol. The van der Waals surface area contributed by atoms with Crippen LogP contribution in [-0.4, -0.2) is 43.9 Å². The number of hydrogen-bond acceptors (Lipinski definition) is 8. The normalized spacial score (nSPS) is 18.1. The third-order valence-electron chi connectivity index (χ3n) is 6.94. The van der Waals surface area contributed by atoms with E-state index in [9.17, 15) is 9.59 Å². The van der Waals surface area contributed by atoms with Crippen LogP contribution in [0.1, 0.15) is 27.7 Å². The summed E-state index contributed by atoms with van der Waals surface area (Å²) in [5.41, 5.74) is 10.1. The first kappa shape index (κ1) is 27.2. The first-order valence-corrected chi connectivity index (χ1v) is 15.3. The summed E-state index contributed by atoms with van der Waals surface area (Å²) in [5.74, 6) is 0.130. The van der Waals surface area contributed by atoms with Crippen LogP contribution >= 0.6 is 35.3 Å². The van der Waals surface area contributed by atoms with Crippen LogP contribution in [0.3, 0.4) is 0 Å². The fourth-order valence-electron chi connectivity index (χ4n) is 4.98. The SMILES string of the molecule is Nc1ncc(C2=C(C(=S)OC(c3ccccc3)c3ccccc3)N3C(=O)[C@@H](NC(=O)Cc4ccccc4)[C@H]3SC2)s1. The van der Waals surface area contributed by atoms with Gasteiger partial charge in [-0.05, 0) is 28.9 Å². The van der Waals surface area contributed by atoms with Gasteiger partial charge in [0.2, 0.25) is 11.0 Å². The molecule has 2 atom stereocenters. The van der Waals surface area contributed by atoms with Gasteiger partial charge in [0.25, 0.3) is 5.91 Å². The molecular weight excluding hydrogens is 573 g/mol. The van der Waals surface area contributed by atoms with Crippen molar-refractivity contribution in [2.45, 2.75) is 23.9 Å². The number of thioether (sulfide) groups is 1. The minimum Gasteiger partial charge on any atom is -0.469 e. The monoisotopic (exact) mass is 598 g/mol. The highest BCUT2D eigenvalue weighted by Gasteiger charge is 2.54. The molecule has 3 aromatic carbocycles. The summed E-state index contributed by atoms with van der Waals surface area (Å²) in [6.07, 6.45) is 1.43. The van der Waals surface area contributed by atoms with E-state index in [4.69, 9.17) is 22.7 Å². The molecule has 7 nitrogen and oxygen atoms in total. The molecule has 2 amide bonds. The minimum atomic E-state index is -0.652. The third kappa shape index (κ3) is 5.63. The average molecular weight is 599 g/mol. The number of nitrogens with two attached hydrogens (primary N) is 1. The van der Waals surface area contributed by atoms with Crippen molar-refractivity contribution in [2.75, 3.05) is 11.5 Å². The molecule has 3 N–H and O–H groups in total. The van der Waals surface area contributed by atoms with Crippen LogP contribution in [0.15, 0.2) is 103 Å². The molecule has 0 saturated carbocycles. The minimum absolute atomic E-state index is 0.201. The maximum Gasteiger partial charge on any atom is 0.253 e. The van der Waals surface area contributed by atoms with Crippen LogP contribution in [0.5, 0.6) is 0 Å². The van der Waals surface area contributed by atoms with Crippen molar-refractivity contribution in [2.24, 2.45) is 0 Å². The molecule has 1 aromatic heterocycles. The summed E-state index contributed by atoms with van der Waals surface area (Å²) in [5, 5.41) is 3.27. The highest BCUT2D eigenvalue weighted by atomic mass is 32.2. The second-order valence-electron chi connectivity index (χ2n) is 9.61. The van der Waals surface area contributed by atoms with Crippen LogP contribution in [0.4, 0.5) is 5.13 Å². The second-order valence-corrected chi connectivity index (χ2v) is 12.2. The van der Waals surface area contributed by atoms with Gasteiger partial charge >= 0.3 is 0 Å². The van der Waals surface area contributed by atoms with E-state index in [2.05, 4.69) is 10.3 Å². The molecule has 4 aromatic rings. The van der Waals surface area contributed by atoms with Crippen molar-refractivity contribution in [3.05, 3.63) is 124 Å². The van der Waals surface area contributed by atoms with Crippen LogP contribution in [0.25, 0.3) is 5.57 Å². The van der Waals surface area contributed by atoms with Gasteiger partial charge in [0, 0.05) is 17.5 Å². The summed E-state index contributed by atoms with van der Waals surface area (Å²) >= 11 is 8.86. The number of β-lactam (4-membered cyclic amide) rings is 1. The number of ether oxygens (including phenoxy) is 1. The molecule has 2 aliphatic heterocycles. The van der Waals surface area contributed by atoms with Gasteiger partial charge in [-0.15, -0.1) is 11.8 Å². The Hall–Kier alpha value is -3.99. The number of rotatable bonds is 8. The Morgan fingerprint density at radius 1 is 1.02 bits per heavy atom. The Kier molecular flexibility index (Phi) is 7.86. The Morgan fingerprint density at radius 2 is 1.63 bits per heavy atom. The quantitative estimate of drug-likeness (QED) is 0.212. The molecule has 1 fully saturated rings. The van der Waals surface area contributed by atoms with E-state index in [1.165, 1.54) is 11.3 Å². The zero-order valence-electron chi connectivity index (χ0n) is 21.8. The van der Waals surface area contributed by atoms with Crippen LogP contribution in [0.2, 0.25) is 0 Å². The molecule has 41 heavy (non-hydrogen) atoms. The standard InChI is InChI=1S/C31H26N4O3S3/c32-31-33-17-23(41-31)22-18-40-29-25(34-24(36)16-19-10-4-1-5-11-19)28(37)35(29)26(22)30(39)38-27(20-12-6-2-7-13-20)21-14-8-3-9-15-21/h1-15,17,25,27,29H,16,18H2,(H2,32,33)(H,34,36)/t25-,29-/m1/s1. The number of anilines is 1. The smallest absolute Gasteiger partial charge is 0.253 e. The summed E-state index contributed by atoms with van der Waals surface area (Å²) < 4.78 is 6.55. The summed E-state index contributed by atoms with van der Waals surface area (Å²) in [4.78, 5) is 33.2. The third-order valence-corrected chi connectivity index (χ3v) is 9.39. The number of benzene rings is 3. The number of hydrogen-bond donors (Lipinski definition) is 2. The van der Waals surface area contributed by atoms with E-state index in [0.717, 1.165) is 27.1 Å². The lowest BCUT2D eigenvalue weighted by molar-refractivity contribution is -0.145. The number of carbonyl (C=O) groups is 2. The Labute approximate surface area is 251 Å². The number of amides is 2. The number of thiocarbonyl (C=S) groups is 1. The molecule has 6 rings (SSSR count). The molecule has 0 radical (unpaired) electrons. The van der Waals surface area contributed by atoms with E-state index in [1.807, 2.05) is 91.0 Å². The number of nitrogen functional groups attached to an aromatic ring is 1. The molecule has 2 aliphatic rings. The number of aromatic nitrogens is 1. The lowest BCUT2D eigenvalue weighted by atomic mass is 10.0. The maximum atomic E-state index is 13.6. The van der Waals surface area contributed by atoms with Gasteiger partial charge in [0.05, 0.1) is 11.3 Å². The Balaban J connectivity index is 1.30. The van der Waals surface area contributed by atoms with E-state index < -0.39 is 12.1 Å². The van der Waals surface area contributed by atoms with Crippen molar-refractivity contribution in [1.29, 1.82) is 0 Å². The van der Waals surface area contributed by atoms with Crippen molar-refractivity contribution < 1.29 is 14.3 Å². The maximum absolute atomic E-state index is 13.6. The number of thiazole rings is 1. The lowest BCUT2D eigenvalue weighted by Gasteiger charge is -2.50. The van der Waals surface area contributed by atoms with Gasteiger partial charge in [0.1, 0.15) is 23.2 Å². The Morgan fingerprint density at radius 3 is 2.22 bits per heavy atom. The van der Waals surface area contributed by atoms with Crippen molar-refractivity contribution in [3.8, 4) is 0 Å². The van der Waals surface area contributed by atoms with E-state index >= 15 is 0 Å². The van der Waals surface area contributed by atoms with Gasteiger partial charge < -0.3 is 15.8 Å². The summed E-state index contributed by atoms with van der Waals surface area (Å²) in [6.45, 7) is 0. The van der Waals surface area contributed by atoms with Gasteiger partial charge in [0.15, 0.2) is 5.13 Å². The average Bonchev–Trinajstić information content (AvgIpc) is 3.45. The summed E-state index contributed by atoms with van der Waals surface area (Å²) in [6, 6.07) is 28.5. The van der Waals surface area contributed by atoms with Crippen molar-refractivity contribution >= 4 is 62.9 Å². The van der Waals surface area contributed by atoms with E-state index in [1.54, 1.807) is 22.9 Å². The molecular formula is C31H26N4O3S3. The number of carbonyl (C=O) groups excluding carboxylic acids is 2. The largest absolute Gasteiger partial charge is 0.469 e. The number of nitrogens with zero attached hydrogens (tertiary/aromatic N) is 2. The Bertz CT molecular complexity index is 1570. The molecule has 0 aliphatic carbocycles. The fraction of sp³-hybridized carbons (Fsp3) is 0.161. The zero-order chi connectivity index (χ0) is 28.3. The van der Waals surface area contributed by atoms with E-state index in [0.29, 0.717) is 16.6 Å². The molecule has 1 saturated heterocycles. The molecule has 10 heteroatoms. The van der Waals surface area contributed by atoms with Crippen LogP contribution in [-0.2, 0) is 20.7 Å².